The Morgan fingerprint density at radius 1 is 1.15 bits per heavy atom. The molecule has 5 heteroatoms. The van der Waals surface area contributed by atoms with Gasteiger partial charge in [-0.2, -0.15) is 0 Å². The normalized spacial score (nSPS) is 17.9. The molecule has 0 aliphatic carbocycles. The topological polar surface area (TPSA) is 59.1 Å². The smallest absolute Gasteiger partial charge is 0.135 e. The van der Waals surface area contributed by atoms with Gasteiger partial charge in [-0.25, -0.2) is 9.97 Å². The molecule has 1 unspecified atom stereocenters. The maximum atomic E-state index is 5.58. The van der Waals surface area contributed by atoms with Gasteiger partial charge >= 0.3 is 0 Å². The SMILES string of the molecule is c1ccc(Nc2cc(NCC3CCCO3)ncn2)cc1. The van der Waals surface area contributed by atoms with Crippen LogP contribution in [0.3, 0.4) is 0 Å². The fraction of sp³-hybridized carbons (Fsp3) is 0.333. The number of para-hydroxylation sites is 1. The van der Waals surface area contributed by atoms with Crippen LogP contribution in [0.5, 0.6) is 0 Å². The van der Waals surface area contributed by atoms with E-state index in [2.05, 4.69) is 20.6 Å². The van der Waals surface area contributed by atoms with Gasteiger partial charge in [0.2, 0.25) is 0 Å². The molecular formula is C15H18N4O. The summed E-state index contributed by atoms with van der Waals surface area (Å²) in [4.78, 5) is 8.45. The van der Waals surface area contributed by atoms with E-state index in [1.807, 2.05) is 36.4 Å². The summed E-state index contributed by atoms with van der Waals surface area (Å²) in [5.41, 5.74) is 1.01. The highest BCUT2D eigenvalue weighted by Gasteiger charge is 2.15. The Bertz CT molecular complexity index is 541. The number of benzene rings is 1. The van der Waals surface area contributed by atoms with E-state index in [9.17, 15) is 0 Å². The Hall–Kier alpha value is -2.14. The molecule has 1 aromatic carbocycles. The highest BCUT2D eigenvalue weighted by atomic mass is 16.5. The van der Waals surface area contributed by atoms with E-state index in [0.29, 0.717) is 6.10 Å². The monoisotopic (exact) mass is 270 g/mol. The molecule has 20 heavy (non-hydrogen) atoms. The van der Waals surface area contributed by atoms with Crippen molar-refractivity contribution in [3.05, 3.63) is 42.7 Å². The number of hydrogen-bond acceptors (Lipinski definition) is 5. The molecule has 1 saturated heterocycles. The van der Waals surface area contributed by atoms with Gasteiger partial charge < -0.3 is 15.4 Å². The molecule has 1 aromatic heterocycles. The summed E-state index contributed by atoms with van der Waals surface area (Å²) in [5, 5.41) is 6.55. The summed E-state index contributed by atoms with van der Waals surface area (Å²) in [6.45, 7) is 1.67. The molecule has 0 radical (unpaired) electrons. The van der Waals surface area contributed by atoms with Gasteiger partial charge in [0.15, 0.2) is 0 Å². The molecule has 0 spiro atoms. The summed E-state index contributed by atoms with van der Waals surface area (Å²) in [6, 6.07) is 11.9. The average Bonchev–Trinajstić information content (AvgIpc) is 3.00. The molecule has 1 atom stereocenters. The number of anilines is 3. The molecule has 2 N–H and O–H groups in total. The highest BCUT2D eigenvalue weighted by molar-refractivity contribution is 5.58. The van der Waals surface area contributed by atoms with E-state index < -0.39 is 0 Å². The number of nitrogens with one attached hydrogen (secondary N) is 2. The van der Waals surface area contributed by atoms with Crippen molar-refractivity contribution >= 4 is 17.3 Å². The molecule has 1 aliphatic heterocycles. The third-order valence-electron chi connectivity index (χ3n) is 3.25. The Morgan fingerprint density at radius 2 is 2.00 bits per heavy atom. The lowest BCUT2D eigenvalue weighted by Gasteiger charge is -2.12. The van der Waals surface area contributed by atoms with Crippen molar-refractivity contribution in [3.63, 3.8) is 0 Å². The standard InChI is InChI=1S/C15H18N4O/c1-2-5-12(6-3-1)19-15-9-14(17-11-18-15)16-10-13-7-4-8-20-13/h1-3,5-6,9,11,13H,4,7-8,10H2,(H2,16,17,18,19). The number of rotatable bonds is 5. The zero-order chi connectivity index (χ0) is 13.6. The second-order valence-electron chi connectivity index (χ2n) is 4.80. The van der Waals surface area contributed by atoms with E-state index in [4.69, 9.17) is 4.74 Å². The predicted molar refractivity (Wildman–Crippen MR) is 79.2 cm³/mol. The van der Waals surface area contributed by atoms with Gasteiger partial charge in [-0.3, -0.25) is 0 Å². The second kappa shape index (κ2) is 6.34. The minimum atomic E-state index is 0.301. The lowest BCUT2D eigenvalue weighted by Crippen LogP contribution is -2.19. The highest BCUT2D eigenvalue weighted by Crippen LogP contribution is 2.17. The summed E-state index contributed by atoms with van der Waals surface area (Å²) >= 11 is 0. The van der Waals surface area contributed by atoms with Gasteiger partial charge in [-0.1, -0.05) is 18.2 Å². The van der Waals surface area contributed by atoms with Crippen LogP contribution in [-0.2, 0) is 4.74 Å². The Kier molecular flexibility index (Phi) is 4.08. The van der Waals surface area contributed by atoms with Crippen LogP contribution in [0.2, 0.25) is 0 Å². The number of ether oxygens (including phenoxy) is 1. The molecule has 2 heterocycles. The van der Waals surface area contributed by atoms with Gasteiger partial charge in [-0.15, -0.1) is 0 Å². The maximum absolute atomic E-state index is 5.58. The zero-order valence-corrected chi connectivity index (χ0v) is 11.2. The van der Waals surface area contributed by atoms with E-state index in [1.165, 1.54) is 0 Å². The minimum Gasteiger partial charge on any atom is -0.376 e. The van der Waals surface area contributed by atoms with E-state index in [0.717, 1.165) is 43.3 Å². The third-order valence-corrected chi connectivity index (χ3v) is 3.25. The molecule has 3 rings (SSSR count). The van der Waals surface area contributed by atoms with Crippen molar-refractivity contribution < 1.29 is 4.74 Å². The van der Waals surface area contributed by atoms with Crippen molar-refractivity contribution in [2.45, 2.75) is 18.9 Å². The minimum absolute atomic E-state index is 0.301. The Balaban J connectivity index is 1.60. The maximum Gasteiger partial charge on any atom is 0.135 e. The summed E-state index contributed by atoms with van der Waals surface area (Å²) in [6.07, 6.45) is 4.13. The molecule has 104 valence electrons. The van der Waals surface area contributed by atoms with Crippen LogP contribution in [0.1, 0.15) is 12.8 Å². The largest absolute Gasteiger partial charge is 0.376 e. The van der Waals surface area contributed by atoms with E-state index in [-0.39, 0.29) is 0 Å². The third kappa shape index (κ3) is 3.45. The van der Waals surface area contributed by atoms with Crippen LogP contribution in [-0.4, -0.2) is 29.2 Å². The van der Waals surface area contributed by atoms with E-state index in [1.54, 1.807) is 6.33 Å². The molecule has 1 fully saturated rings. The van der Waals surface area contributed by atoms with Crippen LogP contribution >= 0.6 is 0 Å². The molecule has 2 aromatic rings. The fourth-order valence-corrected chi connectivity index (χ4v) is 2.22. The van der Waals surface area contributed by atoms with Gasteiger partial charge in [0.05, 0.1) is 6.10 Å². The summed E-state index contributed by atoms with van der Waals surface area (Å²) < 4.78 is 5.58. The molecule has 5 nitrogen and oxygen atoms in total. The first-order valence-electron chi connectivity index (χ1n) is 6.90. The molecule has 0 bridgehead atoms. The number of hydrogen-bond donors (Lipinski definition) is 2. The Morgan fingerprint density at radius 3 is 2.80 bits per heavy atom. The van der Waals surface area contributed by atoms with Crippen molar-refractivity contribution in [1.29, 1.82) is 0 Å². The average molecular weight is 270 g/mol. The Labute approximate surface area is 118 Å². The van der Waals surface area contributed by atoms with Gasteiger partial charge in [-0.05, 0) is 25.0 Å². The van der Waals surface area contributed by atoms with Crippen LogP contribution in [0.15, 0.2) is 42.7 Å². The first kappa shape index (κ1) is 12.9. The second-order valence-corrected chi connectivity index (χ2v) is 4.80. The zero-order valence-electron chi connectivity index (χ0n) is 11.2. The summed E-state index contributed by atoms with van der Waals surface area (Å²) in [7, 11) is 0. The number of aromatic nitrogens is 2. The van der Waals surface area contributed by atoms with Gasteiger partial charge in [0.1, 0.15) is 18.0 Å². The van der Waals surface area contributed by atoms with Crippen molar-refractivity contribution in [3.8, 4) is 0 Å². The molecule has 1 aliphatic rings. The van der Waals surface area contributed by atoms with E-state index >= 15 is 0 Å². The first-order valence-corrected chi connectivity index (χ1v) is 6.90. The van der Waals surface area contributed by atoms with Gasteiger partial charge in [0.25, 0.3) is 0 Å². The molecular weight excluding hydrogens is 252 g/mol. The predicted octanol–water partition coefficient (Wildman–Crippen LogP) is 2.81. The fourth-order valence-electron chi connectivity index (χ4n) is 2.22. The lowest BCUT2D eigenvalue weighted by molar-refractivity contribution is 0.120. The molecule has 0 saturated carbocycles. The molecule has 0 amide bonds. The lowest BCUT2D eigenvalue weighted by atomic mass is 10.2. The number of nitrogens with zero attached hydrogens (tertiary/aromatic N) is 2. The van der Waals surface area contributed by atoms with Gasteiger partial charge in [0, 0.05) is 24.9 Å². The van der Waals surface area contributed by atoms with Crippen molar-refractivity contribution in [1.82, 2.24) is 9.97 Å². The van der Waals surface area contributed by atoms with Crippen LogP contribution in [0.25, 0.3) is 0 Å². The van der Waals surface area contributed by atoms with Crippen LogP contribution < -0.4 is 10.6 Å². The van der Waals surface area contributed by atoms with Crippen molar-refractivity contribution in [2.75, 3.05) is 23.8 Å². The van der Waals surface area contributed by atoms with Crippen LogP contribution in [0.4, 0.5) is 17.3 Å². The van der Waals surface area contributed by atoms with Crippen LogP contribution in [0, 0.1) is 0 Å². The summed E-state index contributed by atoms with van der Waals surface area (Å²) in [5.74, 6) is 1.59. The van der Waals surface area contributed by atoms with Crippen molar-refractivity contribution in [2.24, 2.45) is 0 Å². The first-order chi connectivity index (χ1) is 9.90. The quantitative estimate of drug-likeness (QED) is 0.875.